The molecule has 5 heteroatoms. The Hall–Kier alpha value is -2.04. The van der Waals surface area contributed by atoms with E-state index in [2.05, 4.69) is 17.0 Å². The number of benzene rings is 1. The van der Waals surface area contributed by atoms with Crippen LogP contribution in [0, 0.1) is 0 Å². The minimum Gasteiger partial charge on any atom is -0.497 e. The van der Waals surface area contributed by atoms with Crippen LogP contribution in [0.5, 0.6) is 11.5 Å². The van der Waals surface area contributed by atoms with Crippen molar-refractivity contribution in [2.75, 3.05) is 14.2 Å². The highest BCUT2D eigenvalue weighted by atomic mass is 16.5. The van der Waals surface area contributed by atoms with Gasteiger partial charge in [0.1, 0.15) is 17.3 Å². The normalized spacial score (nSPS) is 10.4. The first-order chi connectivity index (χ1) is 8.69. The van der Waals surface area contributed by atoms with Crippen molar-refractivity contribution in [3.8, 4) is 22.9 Å². The predicted octanol–water partition coefficient (Wildman–Crippen LogP) is 2.06. The van der Waals surface area contributed by atoms with Gasteiger partial charge in [0.25, 0.3) is 0 Å². The van der Waals surface area contributed by atoms with E-state index in [1.54, 1.807) is 18.9 Å². The number of rotatable bonds is 4. The zero-order chi connectivity index (χ0) is 13.1. The lowest BCUT2D eigenvalue weighted by Gasteiger charge is -2.07. The van der Waals surface area contributed by atoms with E-state index in [0.717, 1.165) is 23.6 Å². The van der Waals surface area contributed by atoms with Crippen molar-refractivity contribution in [1.82, 2.24) is 14.8 Å². The Labute approximate surface area is 106 Å². The van der Waals surface area contributed by atoms with E-state index in [4.69, 9.17) is 9.47 Å². The van der Waals surface area contributed by atoms with Crippen LogP contribution in [-0.4, -0.2) is 29.0 Å². The first-order valence-corrected chi connectivity index (χ1v) is 5.82. The first-order valence-electron chi connectivity index (χ1n) is 5.82. The largest absolute Gasteiger partial charge is 0.497 e. The number of ether oxygens (including phenoxy) is 2. The number of hydrogen-bond donors (Lipinski definition) is 0. The Morgan fingerprint density at radius 3 is 2.56 bits per heavy atom. The molecule has 0 aliphatic heterocycles. The standard InChI is InChI=1S/C13H17N3O2/c1-5-12-14-13(15-16(12)2)10-7-6-9(17-3)8-11(10)18-4/h6-8H,5H2,1-4H3. The van der Waals surface area contributed by atoms with Crippen LogP contribution < -0.4 is 9.47 Å². The van der Waals surface area contributed by atoms with E-state index in [0.29, 0.717) is 11.6 Å². The Morgan fingerprint density at radius 1 is 1.22 bits per heavy atom. The van der Waals surface area contributed by atoms with Gasteiger partial charge in [0.15, 0.2) is 5.82 Å². The molecule has 0 radical (unpaired) electrons. The Kier molecular flexibility index (Phi) is 3.50. The van der Waals surface area contributed by atoms with E-state index in [-0.39, 0.29) is 0 Å². The molecule has 0 bridgehead atoms. The predicted molar refractivity (Wildman–Crippen MR) is 68.9 cm³/mol. The van der Waals surface area contributed by atoms with Crippen LogP contribution in [0.2, 0.25) is 0 Å². The van der Waals surface area contributed by atoms with Gasteiger partial charge in [0.2, 0.25) is 0 Å². The molecule has 0 unspecified atom stereocenters. The third kappa shape index (κ3) is 2.16. The SMILES string of the molecule is CCc1nc(-c2ccc(OC)cc2OC)nn1C. The minimum absolute atomic E-state index is 0.675. The second-order valence-corrected chi connectivity index (χ2v) is 3.90. The third-order valence-electron chi connectivity index (χ3n) is 2.82. The summed E-state index contributed by atoms with van der Waals surface area (Å²) >= 11 is 0. The molecule has 0 spiro atoms. The van der Waals surface area contributed by atoms with Crippen LogP contribution in [0.15, 0.2) is 18.2 Å². The molecule has 1 aromatic carbocycles. The van der Waals surface area contributed by atoms with Crippen LogP contribution >= 0.6 is 0 Å². The quantitative estimate of drug-likeness (QED) is 0.829. The molecule has 0 N–H and O–H groups in total. The second-order valence-electron chi connectivity index (χ2n) is 3.90. The lowest BCUT2D eigenvalue weighted by atomic mass is 10.2. The van der Waals surface area contributed by atoms with Gasteiger partial charge in [0, 0.05) is 19.5 Å². The molecule has 0 saturated heterocycles. The number of aromatic nitrogens is 3. The molecule has 96 valence electrons. The van der Waals surface area contributed by atoms with E-state index >= 15 is 0 Å². The molecule has 1 aromatic heterocycles. The summed E-state index contributed by atoms with van der Waals surface area (Å²) in [6, 6.07) is 5.61. The molecule has 2 aromatic rings. The highest BCUT2D eigenvalue weighted by molar-refractivity contribution is 5.65. The molecule has 18 heavy (non-hydrogen) atoms. The van der Waals surface area contributed by atoms with Crippen molar-refractivity contribution in [3.63, 3.8) is 0 Å². The molecule has 0 aliphatic rings. The lowest BCUT2D eigenvalue weighted by molar-refractivity contribution is 0.395. The van der Waals surface area contributed by atoms with Gasteiger partial charge in [-0.1, -0.05) is 6.92 Å². The van der Waals surface area contributed by atoms with Crippen molar-refractivity contribution in [3.05, 3.63) is 24.0 Å². The summed E-state index contributed by atoms with van der Waals surface area (Å²) in [7, 11) is 5.15. The van der Waals surface area contributed by atoms with Crippen molar-refractivity contribution in [1.29, 1.82) is 0 Å². The van der Waals surface area contributed by atoms with Gasteiger partial charge in [-0.2, -0.15) is 5.10 Å². The number of nitrogens with zero attached hydrogens (tertiary/aromatic N) is 3. The first kappa shape index (κ1) is 12.4. The van der Waals surface area contributed by atoms with Crippen LogP contribution in [-0.2, 0) is 13.5 Å². The summed E-state index contributed by atoms with van der Waals surface area (Å²) in [5.74, 6) is 3.08. The Balaban J connectivity index is 2.48. The lowest BCUT2D eigenvalue weighted by Crippen LogP contribution is -1.96. The maximum atomic E-state index is 5.36. The summed E-state index contributed by atoms with van der Waals surface area (Å²) < 4.78 is 12.3. The van der Waals surface area contributed by atoms with Gasteiger partial charge >= 0.3 is 0 Å². The van der Waals surface area contributed by atoms with E-state index in [1.807, 2.05) is 25.2 Å². The molecule has 0 fully saturated rings. The minimum atomic E-state index is 0.675. The van der Waals surface area contributed by atoms with Crippen LogP contribution in [0.25, 0.3) is 11.4 Å². The smallest absolute Gasteiger partial charge is 0.185 e. The van der Waals surface area contributed by atoms with Crippen molar-refractivity contribution in [2.45, 2.75) is 13.3 Å². The third-order valence-corrected chi connectivity index (χ3v) is 2.82. The molecule has 0 aliphatic carbocycles. The van der Waals surface area contributed by atoms with Crippen LogP contribution in [0.4, 0.5) is 0 Å². The highest BCUT2D eigenvalue weighted by Gasteiger charge is 2.13. The maximum absolute atomic E-state index is 5.36. The maximum Gasteiger partial charge on any atom is 0.185 e. The number of aryl methyl sites for hydroxylation is 2. The number of hydrogen-bond acceptors (Lipinski definition) is 4. The van der Waals surface area contributed by atoms with Gasteiger partial charge in [-0.05, 0) is 12.1 Å². The van der Waals surface area contributed by atoms with E-state index in [9.17, 15) is 0 Å². The average Bonchev–Trinajstić information content (AvgIpc) is 2.79. The van der Waals surface area contributed by atoms with E-state index in [1.165, 1.54) is 0 Å². The van der Waals surface area contributed by atoms with E-state index < -0.39 is 0 Å². The summed E-state index contributed by atoms with van der Waals surface area (Å²) in [5, 5.41) is 4.40. The Morgan fingerprint density at radius 2 is 2.00 bits per heavy atom. The van der Waals surface area contributed by atoms with Gasteiger partial charge in [-0.3, -0.25) is 4.68 Å². The monoisotopic (exact) mass is 247 g/mol. The summed E-state index contributed by atoms with van der Waals surface area (Å²) in [4.78, 5) is 4.49. The van der Waals surface area contributed by atoms with Crippen molar-refractivity contribution in [2.24, 2.45) is 7.05 Å². The topological polar surface area (TPSA) is 49.2 Å². The summed E-state index contributed by atoms with van der Waals surface area (Å²) in [6.45, 7) is 2.05. The van der Waals surface area contributed by atoms with Gasteiger partial charge < -0.3 is 9.47 Å². The molecule has 2 rings (SSSR count). The fraction of sp³-hybridized carbons (Fsp3) is 0.385. The van der Waals surface area contributed by atoms with Gasteiger partial charge in [-0.15, -0.1) is 0 Å². The average molecular weight is 247 g/mol. The molecular weight excluding hydrogens is 230 g/mol. The summed E-state index contributed by atoms with van der Waals surface area (Å²) in [6.07, 6.45) is 0.849. The highest BCUT2D eigenvalue weighted by Crippen LogP contribution is 2.31. The molecule has 1 heterocycles. The number of methoxy groups -OCH3 is 2. The molecule has 0 saturated carbocycles. The van der Waals surface area contributed by atoms with Crippen LogP contribution in [0.1, 0.15) is 12.7 Å². The fourth-order valence-electron chi connectivity index (χ4n) is 1.82. The zero-order valence-electron chi connectivity index (χ0n) is 11.1. The molecular formula is C13H17N3O2. The Bertz CT molecular complexity index is 549. The zero-order valence-corrected chi connectivity index (χ0v) is 11.1. The molecule has 0 atom stereocenters. The molecule has 0 amide bonds. The molecule has 5 nitrogen and oxygen atoms in total. The summed E-state index contributed by atoms with van der Waals surface area (Å²) in [5.41, 5.74) is 0.869. The van der Waals surface area contributed by atoms with Crippen molar-refractivity contribution < 1.29 is 9.47 Å². The van der Waals surface area contributed by atoms with Crippen molar-refractivity contribution >= 4 is 0 Å². The second kappa shape index (κ2) is 5.08. The fourth-order valence-corrected chi connectivity index (χ4v) is 1.82. The van der Waals surface area contributed by atoms with Crippen LogP contribution in [0.3, 0.4) is 0 Å². The van der Waals surface area contributed by atoms with Gasteiger partial charge in [-0.25, -0.2) is 4.98 Å². The van der Waals surface area contributed by atoms with Gasteiger partial charge in [0.05, 0.1) is 19.8 Å².